The minimum atomic E-state index is 0.182. The number of nitrogens with zero attached hydrogens (tertiary/aromatic N) is 3. The predicted molar refractivity (Wildman–Crippen MR) is 97.2 cm³/mol. The quantitative estimate of drug-likeness (QED) is 0.860. The molecule has 2 atom stereocenters. The molecule has 24 heavy (non-hydrogen) atoms. The van der Waals surface area contributed by atoms with Crippen LogP contribution in [0.25, 0.3) is 0 Å². The van der Waals surface area contributed by atoms with Crippen molar-refractivity contribution >= 4 is 17.2 Å². The zero-order chi connectivity index (χ0) is 16.9. The highest BCUT2D eigenvalue weighted by molar-refractivity contribution is 7.10. The molecule has 2 aliphatic heterocycles. The summed E-state index contributed by atoms with van der Waals surface area (Å²) in [5, 5.41) is 11.8. The lowest BCUT2D eigenvalue weighted by molar-refractivity contribution is -0.129. The molecular formula is C18H29N3O2S. The summed E-state index contributed by atoms with van der Waals surface area (Å²) in [4.78, 5) is 20.5. The Morgan fingerprint density at radius 1 is 1.25 bits per heavy atom. The molecule has 1 amide bonds. The second-order valence-electron chi connectivity index (χ2n) is 7.22. The summed E-state index contributed by atoms with van der Waals surface area (Å²) in [6.45, 7) is 7.17. The molecule has 0 bridgehead atoms. The van der Waals surface area contributed by atoms with Gasteiger partial charge in [0.2, 0.25) is 5.91 Å². The standard InChI is InChI=1S/C18H29N3O2S/c1-19-5-3-6-20(8-7-19)11-15-12-21(13-16(15)14-22)18(23)10-17-4-2-9-24-17/h2,4,9,15-16,22H,3,5-8,10-14H2,1H3. The van der Waals surface area contributed by atoms with Gasteiger partial charge in [-0.2, -0.15) is 0 Å². The molecule has 3 rings (SSSR count). The molecule has 1 aromatic heterocycles. The average Bonchev–Trinajstić information content (AvgIpc) is 3.17. The van der Waals surface area contributed by atoms with Gasteiger partial charge < -0.3 is 19.8 Å². The summed E-state index contributed by atoms with van der Waals surface area (Å²) in [5.41, 5.74) is 0. The molecule has 5 nitrogen and oxygen atoms in total. The van der Waals surface area contributed by atoms with Crippen molar-refractivity contribution in [1.82, 2.24) is 14.7 Å². The van der Waals surface area contributed by atoms with Crippen LogP contribution in [0, 0.1) is 11.8 Å². The maximum absolute atomic E-state index is 12.5. The van der Waals surface area contributed by atoms with Crippen LogP contribution in [0.4, 0.5) is 0 Å². The van der Waals surface area contributed by atoms with Crippen molar-refractivity contribution in [1.29, 1.82) is 0 Å². The van der Waals surface area contributed by atoms with Gasteiger partial charge in [0.25, 0.3) is 0 Å². The van der Waals surface area contributed by atoms with Gasteiger partial charge in [-0.3, -0.25) is 4.79 Å². The normalized spacial score (nSPS) is 26.7. The lowest BCUT2D eigenvalue weighted by Crippen LogP contribution is -2.36. The van der Waals surface area contributed by atoms with Crippen LogP contribution in [0.3, 0.4) is 0 Å². The average molecular weight is 352 g/mol. The summed E-state index contributed by atoms with van der Waals surface area (Å²) in [5.74, 6) is 0.818. The van der Waals surface area contributed by atoms with Crippen LogP contribution in [0.15, 0.2) is 17.5 Å². The van der Waals surface area contributed by atoms with Crippen molar-refractivity contribution in [2.45, 2.75) is 12.8 Å². The second kappa shape index (κ2) is 8.43. The number of likely N-dealkylation sites (N-methyl/N-ethyl adjacent to an activating group) is 1. The van der Waals surface area contributed by atoms with Gasteiger partial charge in [-0.15, -0.1) is 11.3 Å². The number of aliphatic hydroxyl groups is 1. The van der Waals surface area contributed by atoms with Gasteiger partial charge in [0.15, 0.2) is 0 Å². The van der Waals surface area contributed by atoms with Crippen LogP contribution in [0.2, 0.25) is 0 Å². The number of thiophene rings is 1. The summed E-state index contributed by atoms with van der Waals surface area (Å²) >= 11 is 1.64. The molecule has 134 valence electrons. The van der Waals surface area contributed by atoms with E-state index in [-0.39, 0.29) is 18.4 Å². The van der Waals surface area contributed by atoms with E-state index < -0.39 is 0 Å². The lowest BCUT2D eigenvalue weighted by atomic mass is 9.96. The second-order valence-corrected chi connectivity index (χ2v) is 8.25. The monoisotopic (exact) mass is 351 g/mol. The topological polar surface area (TPSA) is 47.0 Å². The van der Waals surface area contributed by atoms with E-state index in [4.69, 9.17) is 0 Å². The minimum Gasteiger partial charge on any atom is -0.396 e. The van der Waals surface area contributed by atoms with E-state index in [1.54, 1.807) is 11.3 Å². The number of amides is 1. The number of carbonyl (C=O) groups is 1. The first kappa shape index (κ1) is 17.9. The third kappa shape index (κ3) is 4.57. The first-order valence-electron chi connectivity index (χ1n) is 8.97. The van der Waals surface area contributed by atoms with E-state index in [1.165, 1.54) is 6.42 Å². The van der Waals surface area contributed by atoms with Crippen LogP contribution in [-0.2, 0) is 11.2 Å². The molecule has 2 aliphatic rings. The Hall–Kier alpha value is -0.950. The van der Waals surface area contributed by atoms with Crippen LogP contribution >= 0.6 is 11.3 Å². The fraction of sp³-hybridized carbons (Fsp3) is 0.722. The van der Waals surface area contributed by atoms with Crippen molar-refractivity contribution < 1.29 is 9.90 Å². The van der Waals surface area contributed by atoms with Crippen LogP contribution in [-0.4, -0.2) is 85.2 Å². The maximum atomic E-state index is 12.5. The Labute approximate surface area is 148 Å². The van der Waals surface area contributed by atoms with Gasteiger partial charge in [0.05, 0.1) is 6.42 Å². The highest BCUT2D eigenvalue weighted by Gasteiger charge is 2.35. The molecule has 3 heterocycles. The van der Waals surface area contributed by atoms with Crippen molar-refractivity contribution in [2.75, 3.05) is 59.5 Å². The van der Waals surface area contributed by atoms with E-state index in [0.29, 0.717) is 18.9 Å². The summed E-state index contributed by atoms with van der Waals surface area (Å²) in [7, 11) is 2.18. The Morgan fingerprint density at radius 3 is 2.83 bits per heavy atom. The molecule has 2 fully saturated rings. The molecule has 0 aliphatic carbocycles. The van der Waals surface area contributed by atoms with E-state index in [9.17, 15) is 9.90 Å². The Balaban J connectivity index is 1.54. The van der Waals surface area contributed by atoms with Crippen LogP contribution in [0.1, 0.15) is 11.3 Å². The van der Waals surface area contributed by atoms with Gasteiger partial charge in [-0.25, -0.2) is 0 Å². The van der Waals surface area contributed by atoms with E-state index in [0.717, 1.165) is 44.1 Å². The van der Waals surface area contributed by atoms with Crippen molar-refractivity contribution in [3.05, 3.63) is 22.4 Å². The number of likely N-dealkylation sites (tertiary alicyclic amines) is 1. The molecule has 0 spiro atoms. The molecule has 1 aromatic rings. The number of aliphatic hydroxyl groups excluding tert-OH is 1. The fourth-order valence-corrected chi connectivity index (χ4v) is 4.54. The van der Waals surface area contributed by atoms with Gasteiger partial charge in [-0.05, 0) is 43.9 Å². The summed E-state index contributed by atoms with van der Waals surface area (Å²) in [6, 6.07) is 4.01. The zero-order valence-corrected chi connectivity index (χ0v) is 15.4. The molecule has 0 saturated carbocycles. The van der Waals surface area contributed by atoms with Gasteiger partial charge in [0.1, 0.15) is 0 Å². The predicted octanol–water partition coefficient (Wildman–Crippen LogP) is 0.995. The van der Waals surface area contributed by atoms with E-state index in [2.05, 4.69) is 16.8 Å². The molecule has 0 aromatic carbocycles. The summed E-state index contributed by atoms with van der Waals surface area (Å²) in [6.07, 6.45) is 1.70. The smallest absolute Gasteiger partial charge is 0.227 e. The van der Waals surface area contributed by atoms with Gasteiger partial charge >= 0.3 is 0 Å². The Bertz CT molecular complexity index is 522. The van der Waals surface area contributed by atoms with Crippen molar-refractivity contribution in [2.24, 2.45) is 11.8 Å². The van der Waals surface area contributed by atoms with Crippen LogP contribution < -0.4 is 0 Å². The zero-order valence-electron chi connectivity index (χ0n) is 14.6. The molecule has 6 heteroatoms. The SMILES string of the molecule is CN1CCCN(CC2CN(C(=O)Cc3cccs3)CC2CO)CC1. The Morgan fingerprint density at radius 2 is 2.08 bits per heavy atom. The third-order valence-electron chi connectivity index (χ3n) is 5.37. The number of hydrogen-bond acceptors (Lipinski definition) is 5. The summed E-state index contributed by atoms with van der Waals surface area (Å²) < 4.78 is 0. The third-order valence-corrected chi connectivity index (χ3v) is 6.25. The molecule has 0 radical (unpaired) electrons. The number of carbonyl (C=O) groups excluding carboxylic acids is 1. The van der Waals surface area contributed by atoms with Gasteiger partial charge in [0, 0.05) is 50.1 Å². The lowest BCUT2D eigenvalue weighted by Gasteiger charge is -2.26. The maximum Gasteiger partial charge on any atom is 0.227 e. The largest absolute Gasteiger partial charge is 0.396 e. The van der Waals surface area contributed by atoms with E-state index >= 15 is 0 Å². The van der Waals surface area contributed by atoms with Gasteiger partial charge in [-0.1, -0.05) is 6.07 Å². The van der Waals surface area contributed by atoms with Crippen molar-refractivity contribution in [3.63, 3.8) is 0 Å². The number of hydrogen-bond donors (Lipinski definition) is 1. The highest BCUT2D eigenvalue weighted by Crippen LogP contribution is 2.25. The number of rotatable bonds is 5. The molecular weight excluding hydrogens is 322 g/mol. The Kier molecular flexibility index (Phi) is 6.27. The molecule has 2 unspecified atom stereocenters. The van der Waals surface area contributed by atoms with Crippen LogP contribution in [0.5, 0.6) is 0 Å². The first-order chi connectivity index (χ1) is 11.7. The van der Waals surface area contributed by atoms with E-state index in [1.807, 2.05) is 22.4 Å². The molecule has 1 N–H and O–H groups in total. The highest BCUT2D eigenvalue weighted by atomic mass is 32.1. The molecule has 2 saturated heterocycles. The first-order valence-corrected chi connectivity index (χ1v) is 9.85. The van der Waals surface area contributed by atoms with Crippen molar-refractivity contribution in [3.8, 4) is 0 Å². The fourth-order valence-electron chi connectivity index (χ4n) is 3.84. The minimum absolute atomic E-state index is 0.182.